The number of aromatic nitrogens is 5. The van der Waals surface area contributed by atoms with Crippen molar-refractivity contribution in [3.05, 3.63) is 40.9 Å². The Labute approximate surface area is 173 Å². The largest absolute Gasteiger partial charge is 0.376 e. The second-order valence-electron chi connectivity index (χ2n) is 8.58. The molecule has 7 nitrogen and oxygen atoms in total. The van der Waals surface area contributed by atoms with E-state index in [0.717, 1.165) is 54.6 Å². The Morgan fingerprint density at radius 3 is 2.53 bits per heavy atom. The number of benzene rings is 1. The number of fused-ring (bicyclic) bond motifs is 4. The summed E-state index contributed by atoms with van der Waals surface area (Å²) in [5, 5.41) is 0.592. The maximum absolute atomic E-state index is 13.5. The number of ether oxygens (including phenoxy) is 1. The summed E-state index contributed by atoms with van der Waals surface area (Å²) in [6.07, 6.45) is 9.65. The van der Waals surface area contributed by atoms with Gasteiger partial charge in [-0.2, -0.15) is 0 Å². The van der Waals surface area contributed by atoms with Crippen molar-refractivity contribution in [3.63, 3.8) is 0 Å². The smallest absolute Gasteiger partial charge is 0.265 e. The zero-order valence-corrected chi connectivity index (χ0v) is 17.0. The first-order chi connectivity index (χ1) is 14.8. The minimum atomic E-state index is -0.0420. The van der Waals surface area contributed by atoms with E-state index in [1.165, 1.54) is 19.3 Å². The molecule has 0 N–H and O–H groups in total. The first kappa shape index (κ1) is 18.0. The van der Waals surface area contributed by atoms with Crippen LogP contribution in [0.1, 0.15) is 51.0 Å². The Morgan fingerprint density at radius 1 is 0.967 bits per heavy atom. The van der Waals surface area contributed by atoms with Gasteiger partial charge in [0.05, 0.1) is 30.0 Å². The Hall–Kier alpha value is -2.80. The Balaban J connectivity index is 1.62. The molecule has 1 aromatic carbocycles. The molecule has 1 saturated carbocycles. The second-order valence-corrected chi connectivity index (χ2v) is 8.58. The zero-order valence-electron chi connectivity index (χ0n) is 17.0. The average Bonchev–Trinajstić information content (AvgIpc) is 3.40. The number of hydrogen-bond acceptors (Lipinski definition) is 5. The Kier molecular flexibility index (Phi) is 4.30. The SMILES string of the molecule is O=c1c2c3nc4ccccc4nc3n(C3CCCCC3)c2ncn1C[C@@H]1CCCO1. The molecule has 2 fully saturated rings. The highest BCUT2D eigenvalue weighted by Gasteiger charge is 2.26. The van der Waals surface area contributed by atoms with Gasteiger partial charge in [0.2, 0.25) is 0 Å². The summed E-state index contributed by atoms with van der Waals surface area (Å²) in [7, 11) is 0. The lowest BCUT2D eigenvalue weighted by Gasteiger charge is -2.24. The summed E-state index contributed by atoms with van der Waals surface area (Å²) >= 11 is 0. The number of hydrogen-bond donors (Lipinski definition) is 0. The molecule has 0 unspecified atom stereocenters. The molecule has 4 heterocycles. The fourth-order valence-electron chi connectivity index (χ4n) is 5.12. The fraction of sp³-hybridized carbons (Fsp3) is 0.478. The van der Waals surface area contributed by atoms with Gasteiger partial charge in [-0.3, -0.25) is 9.36 Å². The fourth-order valence-corrected chi connectivity index (χ4v) is 5.12. The Bertz CT molecular complexity index is 1300. The zero-order chi connectivity index (χ0) is 20.1. The van der Waals surface area contributed by atoms with E-state index in [0.29, 0.717) is 23.5 Å². The van der Waals surface area contributed by atoms with Crippen LogP contribution in [0.2, 0.25) is 0 Å². The van der Waals surface area contributed by atoms with Gasteiger partial charge in [0.25, 0.3) is 5.56 Å². The monoisotopic (exact) mass is 403 g/mol. The highest BCUT2D eigenvalue weighted by atomic mass is 16.5. The third-order valence-electron chi connectivity index (χ3n) is 6.63. The van der Waals surface area contributed by atoms with Crippen molar-refractivity contribution in [2.45, 2.75) is 63.6 Å². The van der Waals surface area contributed by atoms with Crippen LogP contribution in [0.3, 0.4) is 0 Å². The van der Waals surface area contributed by atoms with E-state index in [1.54, 1.807) is 10.9 Å². The van der Waals surface area contributed by atoms with Crippen LogP contribution in [-0.4, -0.2) is 36.8 Å². The summed E-state index contributed by atoms with van der Waals surface area (Å²) in [4.78, 5) is 28.2. The van der Waals surface area contributed by atoms with Crippen LogP contribution in [0.5, 0.6) is 0 Å². The molecule has 30 heavy (non-hydrogen) atoms. The summed E-state index contributed by atoms with van der Waals surface area (Å²) in [6, 6.07) is 8.18. The van der Waals surface area contributed by atoms with Crippen LogP contribution in [0, 0.1) is 0 Å². The molecule has 1 aliphatic carbocycles. The molecule has 0 spiro atoms. The van der Waals surface area contributed by atoms with Gasteiger partial charge in [-0.25, -0.2) is 15.0 Å². The minimum absolute atomic E-state index is 0.0420. The molecule has 1 aliphatic heterocycles. The number of rotatable bonds is 3. The van der Waals surface area contributed by atoms with Crippen molar-refractivity contribution in [1.82, 2.24) is 24.1 Å². The maximum atomic E-state index is 13.5. The number of nitrogens with zero attached hydrogens (tertiary/aromatic N) is 5. The first-order valence-electron chi connectivity index (χ1n) is 11.1. The molecule has 7 heteroatoms. The standard InChI is InChI=1S/C23H25N5O2/c29-23-19-20-22(26-18-11-5-4-10-17(18)25-20)28(15-7-2-1-3-8-15)21(19)24-14-27(23)13-16-9-6-12-30-16/h4-5,10-11,14-16H,1-3,6-9,12-13H2/t16-/m0/s1. The third kappa shape index (κ3) is 2.83. The van der Waals surface area contributed by atoms with Gasteiger partial charge >= 0.3 is 0 Å². The van der Waals surface area contributed by atoms with Crippen LogP contribution in [-0.2, 0) is 11.3 Å². The van der Waals surface area contributed by atoms with Crippen molar-refractivity contribution >= 4 is 33.2 Å². The molecule has 6 rings (SSSR count). The molecule has 1 saturated heterocycles. The predicted octanol–water partition coefficient (Wildman–Crippen LogP) is 3.98. The molecular weight excluding hydrogens is 378 g/mol. The van der Waals surface area contributed by atoms with Gasteiger partial charge in [-0.15, -0.1) is 0 Å². The van der Waals surface area contributed by atoms with Gasteiger partial charge in [0.1, 0.15) is 10.9 Å². The topological polar surface area (TPSA) is 74.8 Å². The molecule has 1 atom stereocenters. The van der Waals surface area contributed by atoms with Crippen molar-refractivity contribution in [1.29, 1.82) is 0 Å². The lowest BCUT2D eigenvalue weighted by Crippen LogP contribution is -2.27. The number of para-hydroxylation sites is 2. The predicted molar refractivity (Wildman–Crippen MR) is 116 cm³/mol. The summed E-state index contributed by atoms with van der Waals surface area (Å²) < 4.78 is 9.64. The van der Waals surface area contributed by atoms with Crippen molar-refractivity contribution in [3.8, 4) is 0 Å². The van der Waals surface area contributed by atoms with E-state index in [-0.39, 0.29) is 11.7 Å². The first-order valence-corrected chi connectivity index (χ1v) is 11.1. The molecule has 4 aromatic rings. The maximum Gasteiger partial charge on any atom is 0.265 e. The third-order valence-corrected chi connectivity index (χ3v) is 6.63. The minimum Gasteiger partial charge on any atom is -0.376 e. The van der Waals surface area contributed by atoms with E-state index in [1.807, 2.05) is 24.3 Å². The van der Waals surface area contributed by atoms with Gasteiger partial charge in [-0.05, 0) is 37.8 Å². The van der Waals surface area contributed by atoms with Gasteiger partial charge < -0.3 is 9.30 Å². The molecule has 154 valence electrons. The summed E-state index contributed by atoms with van der Waals surface area (Å²) in [6.45, 7) is 1.31. The lowest BCUT2D eigenvalue weighted by molar-refractivity contribution is 0.0960. The quantitative estimate of drug-likeness (QED) is 0.517. The average molecular weight is 403 g/mol. The van der Waals surface area contributed by atoms with Crippen molar-refractivity contribution in [2.24, 2.45) is 0 Å². The summed E-state index contributed by atoms with van der Waals surface area (Å²) in [5.74, 6) is 0. The van der Waals surface area contributed by atoms with Crippen LogP contribution >= 0.6 is 0 Å². The molecular formula is C23H25N5O2. The van der Waals surface area contributed by atoms with Crippen LogP contribution < -0.4 is 5.56 Å². The molecule has 0 radical (unpaired) electrons. The molecule has 3 aromatic heterocycles. The van der Waals surface area contributed by atoms with E-state index in [2.05, 4.69) is 4.57 Å². The second kappa shape index (κ2) is 7.16. The van der Waals surface area contributed by atoms with E-state index in [4.69, 9.17) is 19.7 Å². The van der Waals surface area contributed by atoms with Crippen LogP contribution in [0.4, 0.5) is 0 Å². The Morgan fingerprint density at radius 2 is 1.77 bits per heavy atom. The van der Waals surface area contributed by atoms with Crippen LogP contribution in [0.25, 0.3) is 33.2 Å². The van der Waals surface area contributed by atoms with Gasteiger partial charge in [0, 0.05) is 12.6 Å². The molecule has 0 bridgehead atoms. The van der Waals surface area contributed by atoms with E-state index in [9.17, 15) is 4.79 Å². The van der Waals surface area contributed by atoms with Crippen LogP contribution in [0.15, 0.2) is 35.4 Å². The van der Waals surface area contributed by atoms with E-state index < -0.39 is 0 Å². The molecule has 0 amide bonds. The highest BCUT2D eigenvalue weighted by molar-refractivity contribution is 6.04. The van der Waals surface area contributed by atoms with E-state index >= 15 is 0 Å². The summed E-state index contributed by atoms with van der Waals surface area (Å²) in [5.41, 5.74) is 3.80. The highest BCUT2D eigenvalue weighted by Crippen LogP contribution is 2.35. The van der Waals surface area contributed by atoms with Gasteiger partial charge in [-0.1, -0.05) is 31.4 Å². The van der Waals surface area contributed by atoms with Crippen molar-refractivity contribution in [2.75, 3.05) is 6.61 Å². The van der Waals surface area contributed by atoms with Crippen molar-refractivity contribution < 1.29 is 4.74 Å². The molecule has 2 aliphatic rings. The normalized spacial score (nSPS) is 20.6. The lowest BCUT2D eigenvalue weighted by atomic mass is 9.95. The van der Waals surface area contributed by atoms with Gasteiger partial charge in [0.15, 0.2) is 11.3 Å².